The maximum absolute atomic E-state index is 12.9. The molecule has 0 aliphatic carbocycles. The molecule has 0 fully saturated rings. The van der Waals surface area contributed by atoms with E-state index in [1.807, 2.05) is 0 Å². The predicted octanol–water partition coefficient (Wildman–Crippen LogP) is 22.2. The molecule has 0 aromatic rings. The first-order valence-corrected chi connectivity index (χ1v) is 32.4. The zero-order chi connectivity index (χ0) is 55.7. The molecule has 0 radical (unpaired) electrons. The molecule has 0 rings (SSSR count). The average molecular weight is 1070 g/mol. The van der Waals surface area contributed by atoms with Gasteiger partial charge in [0.2, 0.25) is 0 Å². The lowest BCUT2D eigenvalue weighted by Gasteiger charge is -2.18. The average Bonchev–Trinajstić information content (AvgIpc) is 3.43. The molecule has 0 amide bonds. The van der Waals surface area contributed by atoms with Gasteiger partial charge in [0.05, 0.1) is 0 Å². The topological polar surface area (TPSA) is 78.9 Å². The Hall–Kier alpha value is -3.93. The molecular formula is C71H120O6. The summed E-state index contributed by atoms with van der Waals surface area (Å²) in [5.41, 5.74) is 0. The van der Waals surface area contributed by atoms with Crippen LogP contribution in [0.2, 0.25) is 0 Å². The zero-order valence-corrected chi connectivity index (χ0v) is 50.4. The number of ether oxygens (including phenoxy) is 3. The number of hydrogen-bond donors (Lipinski definition) is 0. The summed E-state index contributed by atoms with van der Waals surface area (Å²) in [6.07, 6.45) is 88.0. The van der Waals surface area contributed by atoms with E-state index in [9.17, 15) is 14.4 Å². The molecule has 0 N–H and O–H groups in total. The lowest BCUT2D eigenvalue weighted by Crippen LogP contribution is -2.30. The fourth-order valence-corrected chi connectivity index (χ4v) is 8.88. The number of carbonyl (C=O) groups is 3. The summed E-state index contributed by atoms with van der Waals surface area (Å²) in [7, 11) is 0. The lowest BCUT2D eigenvalue weighted by molar-refractivity contribution is -0.167. The molecule has 0 aliphatic heterocycles. The van der Waals surface area contributed by atoms with Gasteiger partial charge in [-0.1, -0.05) is 265 Å². The molecule has 0 aliphatic rings. The van der Waals surface area contributed by atoms with E-state index in [4.69, 9.17) is 14.2 Å². The van der Waals surface area contributed by atoms with Crippen molar-refractivity contribution in [3.8, 4) is 0 Å². The molecule has 6 heteroatoms. The minimum absolute atomic E-state index is 0.0892. The number of carbonyl (C=O) groups excluding carboxylic acids is 3. The summed E-state index contributed by atoms with van der Waals surface area (Å²) in [4.78, 5) is 38.3. The molecule has 440 valence electrons. The SMILES string of the molecule is CC/C=C\C/C=C\C/C=C\C/C=C\CCCCCCCCCCCCCCC(=O)OCC(COC(=O)CCCCCCC/C=C\C/C=C\CCCCC)OC(=O)CCCCCCCC/C=C\C/C=C\C/C=C\CCCCC. The maximum atomic E-state index is 12.9. The highest BCUT2D eigenvalue weighted by Gasteiger charge is 2.19. The van der Waals surface area contributed by atoms with E-state index in [2.05, 4.69) is 130 Å². The van der Waals surface area contributed by atoms with Gasteiger partial charge < -0.3 is 14.2 Å². The first kappa shape index (κ1) is 73.1. The highest BCUT2D eigenvalue weighted by atomic mass is 16.6. The Morgan fingerprint density at radius 2 is 0.506 bits per heavy atom. The number of unbranched alkanes of at least 4 members (excludes halogenated alkanes) is 29. The number of esters is 3. The van der Waals surface area contributed by atoms with Crippen molar-refractivity contribution in [2.24, 2.45) is 0 Å². The second-order valence-electron chi connectivity index (χ2n) is 21.3. The largest absolute Gasteiger partial charge is 0.462 e. The van der Waals surface area contributed by atoms with Crippen molar-refractivity contribution in [2.45, 2.75) is 309 Å². The minimum atomic E-state index is -0.795. The Labute approximate surface area is 476 Å². The van der Waals surface area contributed by atoms with E-state index in [1.54, 1.807) is 0 Å². The Kier molecular flexibility index (Phi) is 61.3. The van der Waals surface area contributed by atoms with Gasteiger partial charge in [-0.3, -0.25) is 14.4 Å². The molecule has 0 spiro atoms. The lowest BCUT2D eigenvalue weighted by atomic mass is 10.0. The summed E-state index contributed by atoms with van der Waals surface area (Å²) in [5.74, 6) is -0.910. The van der Waals surface area contributed by atoms with Crippen LogP contribution in [0.4, 0.5) is 0 Å². The third-order valence-electron chi connectivity index (χ3n) is 13.7. The quantitative estimate of drug-likeness (QED) is 0.0261. The summed E-state index contributed by atoms with van der Waals surface area (Å²) in [5, 5.41) is 0. The minimum Gasteiger partial charge on any atom is -0.462 e. The molecule has 1 unspecified atom stereocenters. The summed E-state index contributed by atoms with van der Waals surface area (Å²) in [6.45, 7) is 6.47. The van der Waals surface area contributed by atoms with Crippen LogP contribution in [0.3, 0.4) is 0 Å². The van der Waals surface area contributed by atoms with Gasteiger partial charge in [-0.05, 0) is 128 Å². The zero-order valence-electron chi connectivity index (χ0n) is 50.4. The van der Waals surface area contributed by atoms with E-state index in [-0.39, 0.29) is 31.1 Å². The molecular weight excluding hydrogens is 949 g/mol. The third kappa shape index (κ3) is 62.8. The van der Waals surface area contributed by atoms with Crippen molar-refractivity contribution in [3.63, 3.8) is 0 Å². The van der Waals surface area contributed by atoms with Crippen molar-refractivity contribution in [1.29, 1.82) is 0 Å². The Balaban J connectivity index is 4.38. The van der Waals surface area contributed by atoms with Crippen LogP contribution in [0.15, 0.2) is 109 Å². The highest BCUT2D eigenvalue weighted by molar-refractivity contribution is 5.71. The molecule has 77 heavy (non-hydrogen) atoms. The van der Waals surface area contributed by atoms with Gasteiger partial charge in [-0.25, -0.2) is 0 Å². The van der Waals surface area contributed by atoms with Crippen molar-refractivity contribution < 1.29 is 28.6 Å². The monoisotopic (exact) mass is 1070 g/mol. The van der Waals surface area contributed by atoms with E-state index >= 15 is 0 Å². The normalized spacial score (nSPS) is 12.8. The fraction of sp³-hybridized carbons (Fsp3) is 0.704. The van der Waals surface area contributed by atoms with Gasteiger partial charge in [0.25, 0.3) is 0 Å². The van der Waals surface area contributed by atoms with Gasteiger partial charge in [-0.2, -0.15) is 0 Å². The van der Waals surface area contributed by atoms with E-state index < -0.39 is 6.10 Å². The van der Waals surface area contributed by atoms with Crippen LogP contribution in [-0.2, 0) is 28.6 Å². The molecule has 0 bridgehead atoms. The molecule has 0 saturated carbocycles. The van der Waals surface area contributed by atoms with Crippen molar-refractivity contribution in [2.75, 3.05) is 13.2 Å². The van der Waals surface area contributed by atoms with Gasteiger partial charge in [-0.15, -0.1) is 0 Å². The number of hydrogen-bond acceptors (Lipinski definition) is 6. The van der Waals surface area contributed by atoms with E-state index in [0.29, 0.717) is 19.3 Å². The molecule has 0 heterocycles. The molecule has 6 nitrogen and oxygen atoms in total. The Morgan fingerprint density at radius 1 is 0.273 bits per heavy atom. The smallest absolute Gasteiger partial charge is 0.306 e. The van der Waals surface area contributed by atoms with Crippen molar-refractivity contribution >= 4 is 17.9 Å². The first-order chi connectivity index (χ1) is 38.0. The van der Waals surface area contributed by atoms with Gasteiger partial charge in [0.1, 0.15) is 13.2 Å². The predicted molar refractivity (Wildman–Crippen MR) is 334 cm³/mol. The third-order valence-corrected chi connectivity index (χ3v) is 13.7. The van der Waals surface area contributed by atoms with Gasteiger partial charge in [0.15, 0.2) is 6.10 Å². The van der Waals surface area contributed by atoms with Crippen LogP contribution in [-0.4, -0.2) is 37.2 Å². The van der Waals surface area contributed by atoms with Crippen LogP contribution in [0, 0.1) is 0 Å². The van der Waals surface area contributed by atoms with Gasteiger partial charge in [0, 0.05) is 19.3 Å². The van der Waals surface area contributed by atoms with Crippen LogP contribution < -0.4 is 0 Å². The van der Waals surface area contributed by atoms with Crippen LogP contribution in [0.25, 0.3) is 0 Å². The summed E-state index contributed by atoms with van der Waals surface area (Å²) < 4.78 is 16.9. The van der Waals surface area contributed by atoms with Crippen LogP contribution >= 0.6 is 0 Å². The first-order valence-electron chi connectivity index (χ1n) is 32.4. The molecule has 0 saturated heterocycles. The standard InChI is InChI=1S/C71H120O6/c1-4-7-10-13-16-19-22-25-28-30-32-33-34-35-36-37-39-40-43-46-49-52-55-58-61-64-70(73)76-67-68(66-75-69(72)63-60-57-54-51-48-45-42-27-24-21-18-15-12-9-6-3)77-71(74)65-62-59-56-53-50-47-44-41-38-31-29-26-23-20-17-14-11-8-5-2/h7,10,16-21,25-29,32-33,38,41-42,68H,4-6,8-9,11-15,22-24,30-31,34-37,39-40,43-67H2,1-3H3/b10-7-,19-16-,20-17-,21-18-,28-25-,29-26-,33-32-,41-38-,42-27-. The van der Waals surface area contributed by atoms with E-state index in [1.165, 1.54) is 128 Å². The number of allylic oxidation sites excluding steroid dienone is 18. The molecule has 0 aromatic heterocycles. The van der Waals surface area contributed by atoms with Crippen molar-refractivity contribution in [1.82, 2.24) is 0 Å². The fourth-order valence-electron chi connectivity index (χ4n) is 8.88. The summed E-state index contributed by atoms with van der Waals surface area (Å²) >= 11 is 0. The highest BCUT2D eigenvalue weighted by Crippen LogP contribution is 2.16. The molecule has 1 atom stereocenters. The Bertz CT molecular complexity index is 1560. The Morgan fingerprint density at radius 3 is 0.792 bits per heavy atom. The van der Waals surface area contributed by atoms with Gasteiger partial charge >= 0.3 is 17.9 Å². The summed E-state index contributed by atoms with van der Waals surface area (Å²) in [6, 6.07) is 0. The second kappa shape index (κ2) is 64.6. The van der Waals surface area contributed by atoms with E-state index in [0.717, 1.165) is 135 Å². The number of rotatable bonds is 58. The van der Waals surface area contributed by atoms with Crippen LogP contribution in [0.5, 0.6) is 0 Å². The maximum Gasteiger partial charge on any atom is 0.306 e. The molecule has 0 aromatic carbocycles. The second-order valence-corrected chi connectivity index (χ2v) is 21.3. The van der Waals surface area contributed by atoms with Crippen LogP contribution in [0.1, 0.15) is 303 Å². The van der Waals surface area contributed by atoms with Crippen molar-refractivity contribution in [3.05, 3.63) is 109 Å².